The number of carbonyl (C=O) groups excluding carboxylic acids is 1. The van der Waals surface area contributed by atoms with Crippen molar-refractivity contribution < 1.29 is 9.53 Å². The summed E-state index contributed by atoms with van der Waals surface area (Å²) in [6.45, 7) is 5.30. The molecule has 2 N–H and O–H groups in total. The molecule has 1 heterocycles. The Morgan fingerprint density at radius 2 is 2.00 bits per heavy atom. The maximum absolute atomic E-state index is 12.4. The van der Waals surface area contributed by atoms with Crippen molar-refractivity contribution in [3.8, 4) is 0 Å². The summed E-state index contributed by atoms with van der Waals surface area (Å²) in [6, 6.07) is 0. The van der Waals surface area contributed by atoms with E-state index in [0.29, 0.717) is 17.3 Å². The summed E-state index contributed by atoms with van der Waals surface area (Å²) in [4.78, 5) is 13.7. The number of fused-ring (bicyclic) bond motifs is 1. The van der Waals surface area contributed by atoms with Crippen LogP contribution in [0.3, 0.4) is 0 Å². The second kappa shape index (κ2) is 9.99. The smallest absolute Gasteiger partial charge is 0.341 e. The summed E-state index contributed by atoms with van der Waals surface area (Å²) in [5.41, 5.74) is 1.87. The minimum absolute atomic E-state index is 0.231. The van der Waals surface area contributed by atoms with Gasteiger partial charge in [-0.3, -0.25) is 0 Å². The van der Waals surface area contributed by atoms with Crippen LogP contribution in [-0.4, -0.2) is 24.2 Å². The summed E-state index contributed by atoms with van der Waals surface area (Å²) < 4.78 is 5.26. The third-order valence-electron chi connectivity index (χ3n) is 4.19. The van der Waals surface area contributed by atoms with E-state index in [2.05, 4.69) is 17.6 Å². The number of hydrogen-bond acceptors (Lipinski definition) is 4. The van der Waals surface area contributed by atoms with Gasteiger partial charge in [0.15, 0.2) is 5.11 Å². The summed E-state index contributed by atoms with van der Waals surface area (Å²) >= 11 is 7.05. The summed E-state index contributed by atoms with van der Waals surface area (Å²) in [7, 11) is 0. The molecule has 1 aromatic rings. The van der Waals surface area contributed by atoms with Crippen LogP contribution in [0, 0.1) is 0 Å². The molecule has 0 amide bonds. The van der Waals surface area contributed by atoms with Crippen molar-refractivity contribution in [2.24, 2.45) is 0 Å². The zero-order valence-electron chi connectivity index (χ0n) is 14.7. The van der Waals surface area contributed by atoms with Gasteiger partial charge in [-0.05, 0) is 56.8 Å². The van der Waals surface area contributed by atoms with Gasteiger partial charge < -0.3 is 15.4 Å². The second-order valence-electron chi connectivity index (χ2n) is 6.08. The van der Waals surface area contributed by atoms with E-state index in [-0.39, 0.29) is 5.97 Å². The molecule has 0 unspecified atom stereocenters. The molecule has 0 atom stereocenters. The Labute approximate surface area is 154 Å². The number of ether oxygens (including phenoxy) is 1. The quantitative estimate of drug-likeness (QED) is 0.397. The van der Waals surface area contributed by atoms with Crippen LogP contribution in [0.15, 0.2) is 0 Å². The Bertz CT molecular complexity index is 570. The summed E-state index contributed by atoms with van der Waals surface area (Å²) in [6.07, 6.45) is 9.14. The monoisotopic (exact) mass is 368 g/mol. The number of nitrogens with one attached hydrogen (secondary N) is 2. The molecule has 4 nitrogen and oxygen atoms in total. The van der Waals surface area contributed by atoms with Crippen LogP contribution in [0.1, 0.15) is 73.2 Å². The topological polar surface area (TPSA) is 50.4 Å². The van der Waals surface area contributed by atoms with Crippen LogP contribution < -0.4 is 10.6 Å². The van der Waals surface area contributed by atoms with Gasteiger partial charge in [0.05, 0.1) is 12.2 Å². The minimum Gasteiger partial charge on any atom is -0.462 e. The average molecular weight is 369 g/mol. The van der Waals surface area contributed by atoms with Crippen LogP contribution in [0.4, 0.5) is 5.00 Å². The van der Waals surface area contributed by atoms with Gasteiger partial charge in [-0.15, -0.1) is 11.3 Å². The predicted molar refractivity (Wildman–Crippen MR) is 105 cm³/mol. The van der Waals surface area contributed by atoms with Crippen LogP contribution >= 0.6 is 23.6 Å². The third-order valence-corrected chi connectivity index (χ3v) is 5.65. The highest BCUT2D eigenvalue weighted by molar-refractivity contribution is 7.80. The maximum atomic E-state index is 12.4. The first kappa shape index (κ1) is 19.2. The summed E-state index contributed by atoms with van der Waals surface area (Å²) in [5, 5.41) is 7.91. The lowest BCUT2D eigenvalue weighted by Crippen LogP contribution is -2.29. The normalized spacial score (nSPS) is 13.2. The SMILES string of the molecule is CCCCCCNC(=S)Nc1sc2c(c1C(=O)OCC)CCCC2. The molecule has 1 aromatic heterocycles. The van der Waals surface area contributed by atoms with Gasteiger partial charge in [0, 0.05) is 11.4 Å². The van der Waals surface area contributed by atoms with Crippen LogP contribution in [0.5, 0.6) is 0 Å². The Balaban J connectivity index is 2.02. The first-order valence-corrected chi connectivity index (χ1v) is 10.3. The molecule has 24 heavy (non-hydrogen) atoms. The van der Waals surface area contributed by atoms with Crippen molar-refractivity contribution in [1.29, 1.82) is 0 Å². The molecule has 6 heteroatoms. The van der Waals surface area contributed by atoms with E-state index in [9.17, 15) is 4.79 Å². The maximum Gasteiger partial charge on any atom is 0.341 e. The van der Waals surface area contributed by atoms with E-state index in [0.717, 1.165) is 42.8 Å². The van der Waals surface area contributed by atoms with Gasteiger partial charge in [-0.25, -0.2) is 4.79 Å². The number of hydrogen-bond donors (Lipinski definition) is 2. The Morgan fingerprint density at radius 3 is 2.75 bits per heavy atom. The van der Waals surface area contributed by atoms with Crippen molar-refractivity contribution >= 4 is 39.6 Å². The van der Waals surface area contributed by atoms with E-state index in [4.69, 9.17) is 17.0 Å². The van der Waals surface area contributed by atoms with E-state index >= 15 is 0 Å². The van der Waals surface area contributed by atoms with Crippen molar-refractivity contribution in [1.82, 2.24) is 5.32 Å². The molecule has 2 rings (SSSR count). The fraction of sp³-hybridized carbons (Fsp3) is 0.667. The lowest BCUT2D eigenvalue weighted by molar-refractivity contribution is 0.0526. The number of unbranched alkanes of at least 4 members (excludes halogenated alkanes) is 3. The highest BCUT2D eigenvalue weighted by Gasteiger charge is 2.26. The third kappa shape index (κ3) is 5.18. The van der Waals surface area contributed by atoms with Crippen molar-refractivity contribution in [2.45, 2.75) is 65.2 Å². The van der Waals surface area contributed by atoms with Gasteiger partial charge >= 0.3 is 5.97 Å². The number of anilines is 1. The zero-order chi connectivity index (χ0) is 17.4. The first-order chi connectivity index (χ1) is 11.7. The van der Waals surface area contributed by atoms with Crippen molar-refractivity contribution in [3.63, 3.8) is 0 Å². The lowest BCUT2D eigenvalue weighted by atomic mass is 9.95. The number of thiophene rings is 1. The minimum atomic E-state index is -0.231. The molecule has 0 radical (unpaired) electrons. The van der Waals surface area contributed by atoms with E-state index in [1.807, 2.05) is 6.92 Å². The molecular weight excluding hydrogens is 340 g/mol. The lowest BCUT2D eigenvalue weighted by Gasteiger charge is -2.13. The number of esters is 1. The highest BCUT2D eigenvalue weighted by atomic mass is 32.1. The molecule has 0 spiro atoms. The molecule has 0 aromatic carbocycles. The Morgan fingerprint density at radius 1 is 1.21 bits per heavy atom. The molecule has 0 aliphatic heterocycles. The van der Waals surface area contributed by atoms with Gasteiger partial charge in [-0.1, -0.05) is 26.2 Å². The molecule has 134 valence electrons. The van der Waals surface area contributed by atoms with E-state index < -0.39 is 0 Å². The van der Waals surface area contributed by atoms with Crippen LogP contribution in [0.25, 0.3) is 0 Å². The van der Waals surface area contributed by atoms with Crippen molar-refractivity contribution in [2.75, 3.05) is 18.5 Å². The van der Waals surface area contributed by atoms with Gasteiger partial charge in [-0.2, -0.15) is 0 Å². The van der Waals surface area contributed by atoms with Crippen LogP contribution in [0.2, 0.25) is 0 Å². The zero-order valence-corrected chi connectivity index (χ0v) is 16.3. The highest BCUT2D eigenvalue weighted by Crippen LogP contribution is 2.38. The number of thiocarbonyl (C=S) groups is 1. The second-order valence-corrected chi connectivity index (χ2v) is 7.59. The van der Waals surface area contributed by atoms with Gasteiger partial charge in [0.25, 0.3) is 0 Å². The molecule has 0 saturated heterocycles. The van der Waals surface area contributed by atoms with E-state index in [1.54, 1.807) is 11.3 Å². The Hall–Kier alpha value is -1.14. The average Bonchev–Trinajstić information content (AvgIpc) is 2.92. The first-order valence-electron chi connectivity index (χ1n) is 9.03. The van der Waals surface area contributed by atoms with Crippen LogP contribution in [-0.2, 0) is 17.6 Å². The van der Waals surface area contributed by atoms with E-state index in [1.165, 1.54) is 30.6 Å². The number of aryl methyl sites for hydroxylation is 1. The molecule has 0 fully saturated rings. The molecular formula is C18H28N2O2S2. The van der Waals surface area contributed by atoms with Gasteiger partial charge in [0.2, 0.25) is 0 Å². The molecule has 1 aliphatic carbocycles. The molecule has 0 bridgehead atoms. The molecule has 0 saturated carbocycles. The number of rotatable bonds is 8. The molecule has 1 aliphatic rings. The fourth-order valence-electron chi connectivity index (χ4n) is 2.97. The summed E-state index contributed by atoms with van der Waals surface area (Å²) in [5.74, 6) is -0.231. The standard InChI is InChI=1S/C18H28N2O2S2/c1-3-5-6-9-12-19-18(23)20-16-15(17(21)22-4-2)13-10-7-8-11-14(13)24-16/h3-12H2,1-2H3,(H2,19,20,23). The Kier molecular flexibility index (Phi) is 7.99. The van der Waals surface area contributed by atoms with Gasteiger partial charge in [0.1, 0.15) is 5.00 Å². The predicted octanol–water partition coefficient (Wildman–Crippen LogP) is 4.67. The largest absolute Gasteiger partial charge is 0.462 e. The van der Waals surface area contributed by atoms with Crippen molar-refractivity contribution in [3.05, 3.63) is 16.0 Å². The number of carbonyl (C=O) groups is 1. The fourth-order valence-corrected chi connectivity index (χ4v) is 4.52.